The first kappa shape index (κ1) is 13.1. The number of rotatable bonds is 7. The predicted molar refractivity (Wildman–Crippen MR) is 66.9 cm³/mol. The van der Waals surface area contributed by atoms with Crippen LogP contribution in [-0.2, 0) is 9.47 Å². The molecule has 2 rings (SSSR count). The van der Waals surface area contributed by atoms with E-state index in [9.17, 15) is 5.11 Å². The van der Waals surface area contributed by atoms with Crippen LogP contribution in [0.4, 0.5) is 0 Å². The summed E-state index contributed by atoms with van der Waals surface area (Å²) >= 11 is 0. The van der Waals surface area contributed by atoms with Gasteiger partial charge in [0.05, 0.1) is 25.9 Å². The van der Waals surface area contributed by atoms with Crippen LogP contribution in [0, 0.1) is 5.41 Å². The zero-order valence-corrected chi connectivity index (χ0v) is 10.6. The van der Waals surface area contributed by atoms with Gasteiger partial charge >= 0.3 is 0 Å². The summed E-state index contributed by atoms with van der Waals surface area (Å²) in [4.78, 5) is 0. The maximum atomic E-state index is 9.61. The van der Waals surface area contributed by atoms with Crippen molar-refractivity contribution in [2.24, 2.45) is 5.41 Å². The smallest absolute Gasteiger partial charge is 0.107 e. The fourth-order valence-electron chi connectivity index (χ4n) is 2.70. The number of hydrogen-bond acceptors (Lipinski definition) is 3. The summed E-state index contributed by atoms with van der Waals surface area (Å²) in [5.74, 6) is 0. The highest BCUT2D eigenvalue weighted by Gasteiger charge is 2.37. The fraction of sp³-hybridized carbons (Fsp3) is 0.857. The molecule has 3 heteroatoms. The lowest BCUT2D eigenvalue weighted by molar-refractivity contribution is -0.0556. The quantitative estimate of drug-likeness (QED) is 0.548. The van der Waals surface area contributed by atoms with Crippen LogP contribution in [0.25, 0.3) is 0 Å². The first-order chi connectivity index (χ1) is 8.29. The maximum Gasteiger partial charge on any atom is 0.107 e. The zero-order chi connectivity index (χ0) is 12.1. The SMILES string of the molecule is C=CCC(OCC1(CO)CCCCC1)C1CO1. The molecule has 2 unspecified atom stereocenters. The number of aliphatic hydroxyl groups excluding tert-OH is 1. The molecule has 2 atom stereocenters. The van der Waals surface area contributed by atoms with Crippen molar-refractivity contribution in [2.75, 3.05) is 19.8 Å². The second-order valence-corrected chi connectivity index (χ2v) is 5.46. The molecular weight excluding hydrogens is 216 g/mol. The van der Waals surface area contributed by atoms with Crippen LogP contribution in [0.2, 0.25) is 0 Å². The Kier molecular flexibility index (Phi) is 4.60. The van der Waals surface area contributed by atoms with E-state index >= 15 is 0 Å². The van der Waals surface area contributed by atoms with E-state index in [4.69, 9.17) is 9.47 Å². The van der Waals surface area contributed by atoms with E-state index in [-0.39, 0.29) is 24.2 Å². The Morgan fingerprint density at radius 3 is 2.65 bits per heavy atom. The van der Waals surface area contributed by atoms with Crippen molar-refractivity contribution < 1.29 is 14.6 Å². The second-order valence-electron chi connectivity index (χ2n) is 5.46. The Hall–Kier alpha value is -0.380. The molecule has 1 N–H and O–H groups in total. The standard InChI is InChI=1S/C14H24O3/c1-2-6-12(13-9-16-13)17-11-14(10-15)7-4-3-5-8-14/h2,12-13,15H,1,3-11H2. The average Bonchev–Trinajstić information content (AvgIpc) is 3.20. The van der Waals surface area contributed by atoms with Gasteiger partial charge in [0.25, 0.3) is 0 Å². The lowest BCUT2D eigenvalue weighted by atomic mass is 9.75. The minimum atomic E-state index is 0.00651. The molecule has 0 amide bonds. The molecule has 0 aromatic carbocycles. The molecule has 1 aliphatic heterocycles. The van der Waals surface area contributed by atoms with E-state index in [1.165, 1.54) is 19.3 Å². The van der Waals surface area contributed by atoms with Crippen molar-refractivity contribution in [3.05, 3.63) is 12.7 Å². The summed E-state index contributed by atoms with van der Waals surface area (Å²) in [6, 6.07) is 0. The molecule has 2 fully saturated rings. The van der Waals surface area contributed by atoms with Gasteiger partial charge in [-0.05, 0) is 19.3 Å². The van der Waals surface area contributed by atoms with E-state index < -0.39 is 0 Å². The van der Waals surface area contributed by atoms with E-state index in [0.29, 0.717) is 6.61 Å². The highest BCUT2D eigenvalue weighted by Crippen LogP contribution is 2.37. The normalized spacial score (nSPS) is 28.6. The molecular formula is C14H24O3. The summed E-state index contributed by atoms with van der Waals surface area (Å²) in [5, 5.41) is 9.61. The Morgan fingerprint density at radius 2 is 2.12 bits per heavy atom. The molecule has 3 nitrogen and oxygen atoms in total. The summed E-state index contributed by atoms with van der Waals surface area (Å²) in [5.41, 5.74) is 0.00651. The summed E-state index contributed by atoms with van der Waals surface area (Å²) < 4.78 is 11.3. The van der Waals surface area contributed by atoms with Crippen LogP contribution in [-0.4, -0.2) is 37.1 Å². The molecule has 1 heterocycles. The summed E-state index contributed by atoms with van der Waals surface area (Å²) in [7, 11) is 0. The lowest BCUT2D eigenvalue weighted by Gasteiger charge is -2.36. The topological polar surface area (TPSA) is 42.0 Å². The van der Waals surface area contributed by atoms with Gasteiger partial charge in [0.15, 0.2) is 0 Å². The van der Waals surface area contributed by atoms with Gasteiger partial charge < -0.3 is 14.6 Å². The van der Waals surface area contributed by atoms with Crippen LogP contribution in [0.5, 0.6) is 0 Å². The summed E-state index contributed by atoms with van der Waals surface area (Å²) in [6.45, 7) is 5.49. The van der Waals surface area contributed by atoms with Crippen molar-refractivity contribution >= 4 is 0 Å². The predicted octanol–water partition coefficient (Wildman–Crippen LogP) is 2.29. The van der Waals surface area contributed by atoms with Crippen molar-refractivity contribution in [2.45, 2.75) is 50.7 Å². The molecule has 1 saturated carbocycles. The highest BCUT2D eigenvalue weighted by molar-refractivity contribution is 4.88. The molecule has 0 aromatic heterocycles. The Labute approximate surface area is 104 Å². The molecule has 1 aliphatic carbocycles. The third-order valence-corrected chi connectivity index (χ3v) is 4.03. The summed E-state index contributed by atoms with van der Waals surface area (Å²) in [6.07, 6.45) is 9.04. The number of hydrogen-bond donors (Lipinski definition) is 1. The van der Waals surface area contributed by atoms with Gasteiger partial charge in [-0.25, -0.2) is 0 Å². The molecule has 17 heavy (non-hydrogen) atoms. The fourth-order valence-corrected chi connectivity index (χ4v) is 2.70. The van der Waals surface area contributed by atoms with Crippen molar-refractivity contribution in [3.8, 4) is 0 Å². The van der Waals surface area contributed by atoms with Crippen molar-refractivity contribution in [3.63, 3.8) is 0 Å². The monoisotopic (exact) mass is 240 g/mol. The zero-order valence-electron chi connectivity index (χ0n) is 10.6. The van der Waals surface area contributed by atoms with Crippen LogP contribution in [0.1, 0.15) is 38.5 Å². The maximum absolute atomic E-state index is 9.61. The first-order valence-electron chi connectivity index (χ1n) is 6.75. The average molecular weight is 240 g/mol. The first-order valence-corrected chi connectivity index (χ1v) is 6.75. The minimum Gasteiger partial charge on any atom is -0.396 e. The second kappa shape index (κ2) is 5.98. The van der Waals surface area contributed by atoms with Crippen molar-refractivity contribution in [1.29, 1.82) is 0 Å². The lowest BCUT2D eigenvalue weighted by Crippen LogP contribution is -2.36. The highest BCUT2D eigenvalue weighted by atomic mass is 16.6. The Bertz CT molecular complexity index is 242. The minimum absolute atomic E-state index is 0.00651. The number of aliphatic hydroxyl groups is 1. The molecule has 1 saturated heterocycles. The van der Waals surface area contributed by atoms with Crippen LogP contribution in [0.15, 0.2) is 12.7 Å². The third-order valence-electron chi connectivity index (χ3n) is 4.03. The van der Waals surface area contributed by atoms with E-state index in [1.54, 1.807) is 0 Å². The third kappa shape index (κ3) is 3.54. The van der Waals surface area contributed by atoms with Crippen molar-refractivity contribution in [1.82, 2.24) is 0 Å². The van der Waals surface area contributed by atoms with Gasteiger partial charge in [-0.3, -0.25) is 0 Å². The molecule has 2 aliphatic rings. The molecule has 0 spiro atoms. The largest absolute Gasteiger partial charge is 0.396 e. The van der Waals surface area contributed by atoms with Crippen LogP contribution < -0.4 is 0 Å². The molecule has 0 radical (unpaired) electrons. The van der Waals surface area contributed by atoms with E-state index in [0.717, 1.165) is 25.9 Å². The molecule has 98 valence electrons. The van der Waals surface area contributed by atoms with Gasteiger partial charge in [0.2, 0.25) is 0 Å². The van der Waals surface area contributed by atoms with Gasteiger partial charge in [-0.15, -0.1) is 6.58 Å². The number of ether oxygens (including phenoxy) is 2. The van der Waals surface area contributed by atoms with Crippen LogP contribution in [0.3, 0.4) is 0 Å². The van der Waals surface area contributed by atoms with Crippen LogP contribution >= 0.6 is 0 Å². The van der Waals surface area contributed by atoms with E-state index in [1.807, 2.05) is 6.08 Å². The Balaban J connectivity index is 1.82. The molecule has 0 bridgehead atoms. The van der Waals surface area contributed by atoms with Gasteiger partial charge in [0.1, 0.15) is 6.10 Å². The molecule has 0 aromatic rings. The van der Waals surface area contributed by atoms with Gasteiger partial charge in [-0.1, -0.05) is 25.3 Å². The van der Waals surface area contributed by atoms with Gasteiger partial charge in [-0.2, -0.15) is 0 Å². The Morgan fingerprint density at radius 1 is 1.41 bits per heavy atom. The van der Waals surface area contributed by atoms with Gasteiger partial charge in [0, 0.05) is 5.41 Å². The van der Waals surface area contributed by atoms with E-state index in [2.05, 4.69) is 6.58 Å². The number of epoxide rings is 1.